The van der Waals surface area contributed by atoms with Crippen LogP contribution in [0.5, 0.6) is 5.75 Å². The second kappa shape index (κ2) is 13.7. The van der Waals surface area contributed by atoms with Crippen LogP contribution in [0.15, 0.2) is 48.5 Å². The van der Waals surface area contributed by atoms with E-state index in [4.69, 9.17) is 4.74 Å². The van der Waals surface area contributed by atoms with Crippen molar-refractivity contribution in [2.24, 2.45) is 0 Å². The van der Waals surface area contributed by atoms with Gasteiger partial charge in [0.2, 0.25) is 5.91 Å². The zero-order valence-electron chi connectivity index (χ0n) is 26.6. The first-order chi connectivity index (χ1) is 22.0. The third kappa shape index (κ3) is 6.58. The lowest BCUT2D eigenvalue weighted by atomic mass is 9.90. The minimum Gasteiger partial charge on any atom is -0.496 e. The van der Waals surface area contributed by atoms with E-state index in [2.05, 4.69) is 21.4 Å². The van der Waals surface area contributed by atoms with Crippen LogP contribution >= 0.6 is 0 Å². The molecule has 12 heteroatoms. The van der Waals surface area contributed by atoms with Crippen LogP contribution in [0.3, 0.4) is 0 Å². The summed E-state index contributed by atoms with van der Waals surface area (Å²) in [5, 5.41) is 10.1. The number of urea groups is 1. The van der Waals surface area contributed by atoms with Crippen molar-refractivity contribution < 1.29 is 28.3 Å². The lowest BCUT2D eigenvalue weighted by Crippen LogP contribution is -2.66. The fraction of sp³-hybridized carbons (Fsp3) is 0.353. The van der Waals surface area contributed by atoms with Crippen molar-refractivity contribution in [3.63, 3.8) is 0 Å². The van der Waals surface area contributed by atoms with Crippen LogP contribution in [0.25, 0.3) is 22.3 Å². The number of methoxy groups -OCH3 is 1. The van der Waals surface area contributed by atoms with Crippen LogP contribution in [-0.2, 0) is 20.9 Å². The Hall–Kier alpha value is -4.81. The topological polar surface area (TPSA) is 132 Å². The van der Waals surface area contributed by atoms with Crippen LogP contribution in [-0.4, -0.2) is 73.5 Å². The Morgan fingerprint density at radius 2 is 1.72 bits per heavy atom. The Labute approximate surface area is 267 Å². The van der Waals surface area contributed by atoms with E-state index in [9.17, 15) is 19.2 Å². The molecule has 3 aromatic carbocycles. The molecule has 11 nitrogen and oxygen atoms in total. The Kier molecular flexibility index (Phi) is 9.68. The van der Waals surface area contributed by atoms with Gasteiger partial charge in [-0.3, -0.25) is 24.3 Å². The van der Waals surface area contributed by atoms with Gasteiger partial charge in [0.05, 0.1) is 7.11 Å². The van der Waals surface area contributed by atoms with E-state index in [1.54, 1.807) is 6.07 Å². The second-order valence-corrected chi connectivity index (χ2v) is 11.7. The number of carbonyl (C=O) groups is 4. The monoisotopic (exact) mass is 630 g/mol. The standard InChI is InChI=1S/C34H39FN6O5/c1-19-23(21-16-27(35)26(29(17-21)46-5)18-36-15-14-22-12-13-30(42)37-22)8-6-9-24(19)25-10-7-11-28(20(25)2)38-32(43)31-33(44)40(3)34(45)41(4)39-31/h6-11,16-17,22,31,36,39H,12-15,18H2,1-5H3,(H,37,42)(H,38,43). The minimum absolute atomic E-state index is 0.0771. The summed E-state index contributed by atoms with van der Waals surface area (Å²) in [5.41, 5.74) is 8.51. The summed E-state index contributed by atoms with van der Waals surface area (Å²) in [6.07, 6.45) is 2.15. The number of hydrogen-bond donors (Lipinski definition) is 4. The number of imide groups is 1. The Morgan fingerprint density at radius 1 is 1.02 bits per heavy atom. The molecular formula is C34H39FN6O5. The lowest BCUT2D eigenvalue weighted by Gasteiger charge is -2.34. The molecule has 0 bridgehead atoms. The van der Waals surface area contributed by atoms with E-state index in [0.29, 0.717) is 35.5 Å². The number of anilines is 1. The molecular weight excluding hydrogens is 591 g/mol. The van der Waals surface area contributed by atoms with Gasteiger partial charge in [-0.1, -0.05) is 30.3 Å². The summed E-state index contributed by atoms with van der Waals surface area (Å²) in [6.45, 7) is 4.76. The molecule has 2 aliphatic heterocycles. The average molecular weight is 631 g/mol. The quantitative estimate of drug-likeness (QED) is 0.198. The van der Waals surface area contributed by atoms with Gasteiger partial charge in [-0.15, -0.1) is 0 Å². The summed E-state index contributed by atoms with van der Waals surface area (Å²) >= 11 is 0. The molecule has 0 saturated carbocycles. The van der Waals surface area contributed by atoms with Crippen molar-refractivity contribution in [1.82, 2.24) is 26.0 Å². The highest BCUT2D eigenvalue weighted by Gasteiger charge is 2.39. The van der Waals surface area contributed by atoms with E-state index in [0.717, 1.165) is 50.6 Å². The number of hydrazine groups is 1. The number of rotatable bonds is 10. The molecule has 242 valence electrons. The first-order valence-corrected chi connectivity index (χ1v) is 15.2. The van der Waals surface area contributed by atoms with Crippen molar-refractivity contribution in [2.45, 2.75) is 51.7 Å². The summed E-state index contributed by atoms with van der Waals surface area (Å²) in [4.78, 5) is 50.1. The maximum absolute atomic E-state index is 15.5. The molecule has 46 heavy (non-hydrogen) atoms. The van der Waals surface area contributed by atoms with Crippen molar-refractivity contribution in [3.05, 3.63) is 71.0 Å². The lowest BCUT2D eigenvalue weighted by molar-refractivity contribution is -0.139. The van der Waals surface area contributed by atoms with Gasteiger partial charge >= 0.3 is 6.03 Å². The SMILES string of the molecule is COc1cc(-c2cccc(-c3cccc(NC(=O)C4NN(C)C(=O)N(C)C4=O)c3C)c2C)cc(F)c1CNCCC1CCC(=O)N1. The van der Waals surface area contributed by atoms with Gasteiger partial charge in [0.15, 0.2) is 6.04 Å². The zero-order valence-corrected chi connectivity index (χ0v) is 26.6. The van der Waals surface area contributed by atoms with Crippen molar-refractivity contribution in [2.75, 3.05) is 33.1 Å². The molecule has 0 aliphatic carbocycles. The molecule has 2 saturated heterocycles. The van der Waals surface area contributed by atoms with Gasteiger partial charge in [-0.2, -0.15) is 0 Å². The van der Waals surface area contributed by atoms with Crippen molar-refractivity contribution in [3.8, 4) is 28.0 Å². The third-order valence-electron chi connectivity index (χ3n) is 8.69. The van der Waals surface area contributed by atoms with Crippen LogP contribution in [0.2, 0.25) is 0 Å². The van der Waals surface area contributed by atoms with E-state index in [1.807, 2.05) is 50.2 Å². The van der Waals surface area contributed by atoms with Gasteiger partial charge < -0.3 is 20.7 Å². The predicted molar refractivity (Wildman–Crippen MR) is 172 cm³/mol. The fourth-order valence-electron chi connectivity index (χ4n) is 6.00. The largest absolute Gasteiger partial charge is 0.496 e. The normalized spacial score (nSPS) is 18.2. The molecule has 2 fully saturated rings. The molecule has 0 radical (unpaired) electrons. The smallest absolute Gasteiger partial charge is 0.340 e. The highest BCUT2D eigenvalue weighted by Crippen LogP contribution is 2.37. The minimum atomic E-state index is -1.26. The zero-order chi connectivity index (χ0) is 33.1. The van der Waals surface area contributed by atoms with Crippen LogP contribution in [0.4, 0.5) is 14.9 Å². The van der Waals surface area contributed by atoms with Gasteiger partial charge in [0, 0.05) is 44.4 Å². The fourth-order valence-corrected chi connectivity index (χ4v) is 6.00. The first-order valence-electron chi connectivity index (χ1n) is 15.2. The highest BCUT2D eigenvalue weighted by molar-refractivity contribution is 6.15. The van der Waals surface area contributed by atoms with Crippen molar-refractivity contribution >= 4 is 29.4 Å². The number of carbonyl (C=O) groups excluding carboxylic acids is 4. The molecule has 0 aromatic heterocycles. The van der Waals surface area contributed by atoms with E-state index < -0.39 is 23.9 Å². The number of hydrogen-bond acceptors (Lipinski definition) is 7. The molecule has 2 aliphatic rings. The Morgan fingerprint density at radius 3 is 2.41 bits per heavy atom. The molecule has 5 rings (SSSR count). The van der Waals surface area contributed by atoms with E-state index in [-0.39, 0.29) is 24.3 Å². The first kappa shape index (κ1) is 32.6. The number of nitrogens with zero attached hydrogens (tertiary/aromatic N) is 2. The number of halogens is 1. The van der Waals surface area contributed by atoms with E-state index in [1.165, 1.54) is 27.3 Å². The molecule has 2 atom stereocenters. The number of likely N-dealkylation sites (N-methyl/N-ethyl adjacent to an activating group) is 1. The third-order valence-corrected chi connectivity index (χ3v) is 8.69. The summed E-state index contributed by atoms with van der Waals surface area (Å²) < 4.78 is 21.1. The maximum Gasteiger partial charge on any atom is 0.340 e. The number of nitrogens with one attached hydrogen (secondary N) is 4. The summed E-state index contributed by atoms with van der Waals surface area (Å²) in [7, 11) is 4.30. The molecule has 2 heterocycles. The second-order valence-electron chi connectivity index (χ2n) is 11.7. The van der Waals surface area contributed by atoms with E-state index >= 15 is 4.39 Å². The summed E-state index contributed by atoms with van der Waals surface area (Å²) in [5.74, 6) is -1.11. The number of ether oxygens (including phenoxy) is 1. The molecule has 4 N–H and O–H groups in total. The highest BCUT2D eigenvalue weighted by atomic mass is 19.1. The number of benzene rings is 3. The van der Waals surface area contributed by atoms with Gasteiger partial charge in [0.1, 0.15) is 11.6 Å². The van der Waals surface area contributed by atoms with Gasteiger partial charge in [0.25, 0.3) is 11.8 Å². The van der Waals surface area contributed by atoms with Gasteiger partial charge in [-0.25, -0.2) is 14.6 Å². The molecule has 2 unspecified atom stereocenters. The predicted octanol–water partition coefficient (Wildman–Crippen LogP) is 3.88. The average Bonchev–Trinajstić information content (AvgIpc) is 3.46. The van der Waals surface area contributed by atoms with Crippen LogP contribution in [0, 0.1) is 19.7 Å². The van der Waals surface area contributed by atoms with Gasteiger partial charge in [-0.05, 0) is 84.8 Å². The molecule has 5 amide bonds. The summed E-state index contributed by atoms with van der Waals surface area (Å²) in [6, 6.07) is 13.0. The van der Waals surface area contributed by atoms with Crippen LogP contribution < -0.4 is 26.1 Å². The van der Waals surface area contributed by atoms with Crippen LogP contribution in [0.1, 0.15) is 36.0 Å². The van der Waals surface area contributed by atoms with Crippen molar-refractivity contribution in [1.29, 1.82) is 0 Å². The molecule has 0 spiro atoms. The maximum atomic E-state index is 15.5. The molecule has 3 aromatic rings. The Balaban J connectivity index is 1.36. The number of amides is 5. The Bertz CT molecular complexity index is 1690.